The molecule has 1 aromatic rings. The van der Waals surface area contributed by atoms with Gasteiger partial charge in [0.15, 0.2) is 0 Å². The molecule has 0 atom stereocenters. The first-order valence-corrected chi connectivity index (χ1v) is 5.86. The fourth-order valence-electron chi connectivity index (χ4n) is 1.54. The van der Waals surface area contributed by atoms with Crippen LogP contribution in [0.25, 0.3) is 0 Å². The van der Waals surface area contributed by atoms with Crippen molar-refractivity contribution in [2.75, 3.05) is 13.2 Å². The Hall–Kier alpha value is -1.35. The third-order valence-electron chi connectivity index (χ3n) is 2.37. The molecule has 0 N–H and O–H groups in total. The van der Waals surface area contributed by atoms with Gasteiger partial charge in [0, 0.05) is 0 Å². The van der Waals surface area contributed by atoms with E-state index >= 15 is 0 Å². The summed E-state index contributed by atoms with van der Waals surface area (Å²) in [5, 5.41) is 0. The van der Waals surface area contributed by atoms with E-state index in [0.29, 0.717) is 18.8 Å². The van der Waals surface area contributed by atoms with Crippen molar-refractivity contribution in [2.24, 2.45) is 0 Å². The van der Waals surface area contributed by atoms with Crippen molar-refractivity contribution in [1.82, 2.24) is 0 Å². The number of esters is 1. The van der Waals surface area contributed by atoms with E-state index in [1.54, 1.807) is 6.07 Å². The molecule has 0 saturated carbocycles. The van der Waals surface area contributed by atoms with Crippen molar-refractivity contribution in [1.29, 1.82) is 0 Å². The lowest BCUT2D eigenvalue weighted by atomic mass is 10.1. The first-order valence-electron chi connectivity index (χ1n) is 5.86. The van der Waals surface area contributed by atoms with E-state index in [1.807, 2.05) is 39.8 Å². The summed E-state index contributed by atoms with van der Waals surface area (Å²) < 4.78 is 10.4. The van der Waals surface area contributed by atoms with Crippen LogP contribution in [-0.2, 0) is 9.47 Å². The Bertz CT molecular complexity index is 383. The Morgan fingerprint density at radius 3 is 2.53 bits per heavy atom. The zero-order valence-electron chi connectivity index (χ0n) is 10.9. The number of rotatable bonds is 5. The van der Waals surface area contributed by atoms with Crippen molar-refractivity contribution in [3.05, 3.63) is 34.9 Å². The monoisotopic (exact) mass is 236 g/mol. The standard InChI is InChI=1S/C14H20O3/c1-10(2)16-7-8-17-14(15)13-6-5-11(3)9-12(13)4/h5-6,9-10H,7-8H2,1-4H3. The predicted octanol–water partition coefficient (Wildman–Crippen LogP) is 2.89. The second-order valence-electron chi connectivity index (χ2n) is 4.37. The third-order valence-corrected chi connectivity index (χ3v) is 2.37. The lowest BCUT2D eigenvalue weighted by Crippen LogP contribution is -2.14. The van der Waals surface area contributed by atoms with Gasteiger partial charge in [-0.1, -0.05) is 17.7 Å². The highest BCUT2D eigenvalue weighted by Crippen LogP contribution is 2.11. The van der Waals surface area contributed by atoms with E-state index in [9.17, 15) is 4.79 Å². The molecule has 94 valence electrons. The third kappa shape index (κ3) is 4.57. The van der Waals surface area contributed by atoms with Crippen LogP contribution in [0.4, 0.5) is 0 Å². The lowest BCUT2D eigenvalue weighted by molar-refractivity contribution is 0.0176. The van der Waals surface area contributed by atoms with Crippen molar-refractivity contribution < 1.29 is 14.3 Å². The highest BCUT2D eigenvalue weighted by atomic mass is 16.6. The molecule has 0 saturated heterocycles. The van der Waals surface area contributed by atoms with Crippen LogP contribution < -0.4 is 0 Å². The Morgan fingerprint density at radius 2 is 1.94 bits per heavy atom. The van der Waals surface area contributed by atoms with Gasteiger partial charge in [-0.2, -0.15) is 0 Å². The zero-order valence-corrected chi connectivity index (χ0v) is 10.9. The molecule has 0 fully saturated rings. The second kappa shape index (κ2) is 6.40. The number of ether oxygens (including phenoxy) is 2. The smallest absolute Gasteiger partial charge is 0.338 e. The molecule has 0 aliphatic rings. The summed E-state index contributed by atoms with van der Waals surface area (Å²) in [7, 11) is 0. The quantitative estimate of drug-likeness (QED) is 0.582. The van der Waals surface area contributed by atoms with Crippen LogP contribution in [0.5, 0.6) is 0 Å². The minimum absolute atomic E-state index is 0.162. The fourth-order valence-corrected chi connectivity index (χ4v) is 1.54. The van der Waals surface area contributed by atoms with Gasteiger partial charge in [-0.15, -0.1) is 0 Å². The minimum Gasteiger partial charge on any atom is -0.460 e. The number of benzene rings is 1. The van der Waals surface area contributed by atoms with E-state index in [4.69, 9.17) is 9.47 Å². The number of carbonyl (C=O) groups is 1. The second-order valence-corrected chi connectivity index (χ2v) is 4.37. The topological polar surface area (TPSA) is 35.5 Å². The molecule has 1 aromatic carbocycles. The van der Waals surface area contributed by atoms with E-state index in [1.165, 1.54) is 0 Å². The normalized spacial score (nSPS) is 10.6. The molecule has 0 unspecified atom stereocenters. The molecule has 3 heteroatoms. The van der Waals surface area contributed by atoms with Crippen molar-refractivity contribution >= 4 is 5.97 Å². The maximum Gasteiger partial charge on any atom is 0.338 e. The molecule has 3 nitrogen and oxygen atoms in total. The molecule has 0 bridgehead atoms. The number of carbonyl (C=O) groups excluding carboxylic acids is 1. The number of hydrogen-bond acceptors (Lipinski definition) is 3. The Labute approximate surface area is 103 Å². The van der Waals surface area contributed by atoms with Crippen LogP contribution in [0.15, 0.2) is 18.2 Å². The Morgan fingerprint density at radius 1 is 1.24 bits per heavy atom. The lowest BCUT2D eigenvalue weighted by Gasteiger charge is -2.09. The van der Waals surface area contributed by atoms with Crippen molar-refractivity contribution in [3.63, 3.8) is 0 Å². The Kier molecular flexibility index (Phi) is 5.16. The van der Waals surface area contributed by atoms with E-state index in [-0.39, 0.29) is 12.1 Å². The van der Waals surface area contributed by atoms with Gasteiger partial charge in [0.25, 0.3) is 0 Å². The van der Waals surface area contributed by atoms with Gasteiger partial charge >= 0.3 is 5.97 Å². The van der Waals surface area contributed by atoms with E-state index in [2.05, 4.69) is 0 Å². The highest BCUT2D eigenvalue weighted by Gasteiger charge is 2.10. The van der Waals surface area contributed by atoms with Gasteiger partial charge in [-0.25, -0.2) is 4.79 Å². The summed E-state index contributed by atoms with van der Waals surface area (Å²) in [5.74, 6) is -0.283. The van der Waals surface area contributed by atoms with Gasteiger partial charge in [0.1, 0.15) is 6.61 Å². The minimum atomic E-state index is -0.283. The van der Waals surface area contributed by atoms with Gasteiger partial charge in [-0.05, 0) is 39.3 Å². The van der Waals surface area contributed by atoms with Crippen LogP contribution in [0.1, 0.15) is 35.3 Å². The molecule has 0 amide bonds. The largest absolute Gasteiger partial charge is 0.460 e. The molecule has 0 spiro atoms. The summed E-state index contributed by atoms with van der Waals surface area (Å²) in [6.07, 6.45) is 0.162. The first kappa shape index (κ1) is 13.7. The summed E-state index contributed by atoms with van der Waals surface area (Å²) in [5.41, 5.74) is 2.71. The summed E-state index contributed by atoms with van der Waals surface area (Å²) in [6.45, 7) is 8.54. The van der Waals surface area contributed by atoms with Crippen molar-refractivity contribution in [3.8, 4) is 0 Å². The maximum atomic E-state index is 11.7. The number of hydrogen-bond donors (Lipinski definition) is 0. The molecular formula is C14H20O3. The molecule has 1 rings (SSSR count). The van der Waals surface area contributed by atoms with Gasteiger partial charge in [0.05, 0.1) is 18.3 Å². The summed E-state index contributed by atoms with van der Waals surface area (Å²) >= 11 is 0. The predicted molar refractivity (Wildman–Crippen MR) is 67.3 cm³/mol. The molecule has 0 aliphatic heterocycles. The van der Waals surface area contributed by atoms with Crippen LogP contribution in [-0.4, -0.2) is 25.3 Å². The molecule has 0 radical (unpaired) electrons. The highest BCUT2D eigenvalue weighted by molar-refractivity contribution is 5.91. The summed E-state index contributed by atoms with van der Waals surface area (Å²) in [6, 6.07) is 5.69. The molecule has 17 heavy (non-hydrogen) atoms. The average molecular weight is 236 g/mol. The molecule has 0 aliphatic carbocycles. The van der Waals surface area contributed by atoms with Crippen LogP contribution in [0.3, 0.4) is 0 Å². The Balaban J connectivity index is 2.47. The van der Waals surface area contributed by atoms with Crippen molar-refractivity contribution in [2.45, 2.75) is 33.8 Å². The van der Waals surface area contributed by atoms with Crippen LogP contribution in [0, 0.1) is 13.8 Å². The maximum absolute atomic E-state index is 11.7. The van der Waals surface area contributed by atoms with Gasteiger partial charge in [0.2, 0.25) is 0 Å². The SMILES string of the molecule is Cc1ccc(C(=O)OCCOC(C)C)c(C)c1. The van der Waals surface area contributed by atoms with Gasteiger partial charge < -0.3 is 9.47 Å². The van der Waals surface area contributed by atoms with Crippen LogP contribution >= 0.6 is 0 Å². The van der Waals surface area contributed by atoms with E-state index < -0.39 is 0 Å². The zero-order chi connectivity index (χ0) is 12.8. The fraction of sp³-hybridized carbons (Fsp3) is 0.500. The summed E-state index contributed by atoms with van der Waals surface area (Å²) in [4.78, 5) is 11.7. The van der Waals surface area contributed by atoms with E-state index in [0.717, 1.165) is 11.1 Å². The molecule has 0 aromatic heterocycles. The van der Waals surface area contributed by atoms with Crippen LogP contribution in [0.2, 0.25) is 0 Å². The van der Waals surface area contributed by atoms with Gasteiger partial charge in [-0.3, -0.25) is 0 Å². The molecular weight excluding hydrogens is 216 g/mol. The number of aryl methyl sites for hydroxylation is 2. The first-order chi connectivity index (χ1) is 8.00. The molecule has 0 heterocycles. The average Bonchev–Trinajstić information content (AvgIpc) is 2.23.